The smallest absolute Gasteiger partial charge is 0.210 e. The number of primary sulfonamides is 1. The second-order valence-electron chi connectivity index (χ2n) is 3.65. The van der Waals surface area contributed by atoms with E-state index in [0.717, 1.165) is 0 Å². The summed E-state index contributed by atoms with van der Waals surface area (Å²) in [4.78, 5) is 11.2. The maximum atomic E-state index is 11.2. The molecule has 7 heteroatoms. The fourth-order valence-corrected chi connectivity index (χ4v) is 1.70. The van der Waals surface area contributed by atoms with Gasteiger partial charge in [-0.1, -0.05) is 0 Å². The zero-order valence-corrected chi connectivity index (χ0v) is 10.3. The molecule has 17 heavy (non-hydrogen) atoms. The highest BCUT2D eigenvalue weighted by Gasteiger charge is 2.06. The van der Waals surface area contributed by atoms with E-state index >= 15 is 0 Å². The number of nitrogens with two attached hydrogens (primary N) is 2. The predicted molar refractivity (Wildman–Crippen MR) is 67.3 cm³/mol. The van der Waals surface area contributed by atoms with Crippen molar-refractivity contribution in [3.8, 4) is 0 Å². The maximum Gasteiger partial charge on any atom is 0.210 e. The highest BCUT2D eigenvalue weighted by atomic mass is 32.2. The van der Waals surface area contributed by atoms with Gasteiger partial charge in [0.05, 0.1) is 5.75 Å². The number of nitrogens with one attached hydrogen (secondary N) is 1. The normalized spacial score (nSPS) is 11.2. The second-order valence-corrected chi connectivity index (χ2v) is 5.39. The van der Waals surface area contributed by atoms with Gasteiger partial charge in [-0.25, -0.2) is 13.6 Å². The summed E-state index contributed by atoms with van der Waals surface area (Å²) in [7, 11) is -3.48. The predicted octanol–water partition coefficient (Wildman–Crippen LogP) is 0.172. The van der Waals surface area contributed by atoms with Crippen molar-refractivity contribution < 1.29 is 13.2 Å². The highest BCUT2D eigenvalue weighted by molar-refractivity contribution is 7.89. The Bertz CT molecular complexity index is 526. The van der Waals surface area contributed by atoms with Crippen molar-refractivity contribution in [2.45, 2.75) is 6.92 Å². The molecule has 0 bridgehead atoms. The van der Waals surface area contributed by atoms with Crippen LogP contribution < -0.4 is 16.2 Å². The van der Waals surface area contributed by atoms with E-state index in [1.807, 2.05) is 0 Å². The fourth-order valence-electron chi connectivity index (χ4n) is 1.31. The van der Waals surface area contributed by atoms with E-state index in [9.17, 15) is 13.2 Å². The van der Waals surface area contributed by atoms with E-state index in [0.29, 0.717) is 16.9 Å². The maximum absolute atomic E-state index is 11.2. The molecule has 1 aromatic rings. The lowest BCUT2D eigenvalue weighted by Gasteiger charge is -2.08. The molecule has 0 saturated heterocycles. The molecule has 0 aromatic heterocycles. The highest BCUT2D eigenvalue weighted by Crippen LogP contribution is 2.18. The van der Waals surface area contributed by atoms with Crippen LogP contribution in [0.5, 0.6) is 0 Å². The number of hydrogen-bond donors (Lipinski definition) is 3. The van der Waals surface area contributed by atoms with E-state index in [-0.39, 0.29) is 18.1 Å². The molecule has 0 aliphatic rings. The zero-order valence-electron chi connectivity index (χ0n) is 9.43. The van der Waals surface area contributed by atoms with E-state index in [1.165, 1.54) is 6.92 Å². The molecule has 0 atom stereocenters. The van der Waals surface area contributed by atoms with Crippen LogP contribution in [-0.4, -0.2) is 26.5 Å². The van der Waals surface area contributed by atoms with Crippen LogP contribution in [0, 0.1) is 0 Å². The van der Waals surface area contributed by atoms with Crippen molar-refractivity contribution >= 4 is 27.2 Å². The van der Waals surface area contributed by atoms with Crippen LogP contribution in [0.1, 0.15) is 17.3 Å². The van der Waals surface area contributed by atoms with Gasteiger partial charge in [0.25, 0.3) is 0 Å². The molecule has 0 saturated carbocycles. The number of nitrogen functional groups attached to an aromatic ring is 1. The van der Waals surface area contributed by atoms with E-state index in [2.05, 4.69) is 5.32 Å². The van der Waals surface area contributed by atoms with Gasteiger partial charge in [-0.05, 0) is 25.1 Å². The van der Waals surface area contributed by atoms with Crippen LogP contribution in [0.4, 0.5) is 11.4 Å². The Labute approximate surface area is 100 Å². The van der Waals surface area contributed by atoms with Crippen molar-refractivity contribution in [2.75, 3.05) is 23.3 Å². The molecule has 1 rings (SSSR count). The van der Waals surface area contributed by atoms with Gasteiger partial charge in [-0.15, -0.1) is 0 Å². The summed E-state index contributed by atoms with van der Waals surface area (Å²) in [6.07, 6.45) is 0. The van der Waals surface area contributed by atoms with E-state index in [4.69, 9.17) is 10.9 Å². The topological polar surface area (TPSA) is 115 Å². The first kappa shape index (κ1) is 13.5. The average Bonchev–Trinajstić information content (AvgIpc) is 2.18. The molecule has 0 amide bonds. The summed E-state index contributed by atoms with van der Waals surface area (Å²) in [5.74, 6) is -0.315. The number of ketones is 1. The van der Waals surface area contributed by atoms with Crippen LogP contribution >= 0.6 is 0 Å². The molecular weight excluding hydrogens is 242 g/mol. The Morgan fingerprint density at radius 3 is 2.59 bits per heavy atom. The quantitative estimate of drug-likeness (QED) is 0.514. The lowest BCUT2D eigenvalue weighted by atomic mass is 10.1. The largest absolute Gasteiger partial charge is 0.398 e. The van der Waals surface area contributed by atoms with Gasteiger partial charge in [0.1, 0.15) is 0 Å². The number of anilines is 2. The first-order chi connectivity index (χ1) is 7.79. The summed E-state index contributed by atoms with van der Waals surface area (Å²) in [6.45, 7) is 1.60. The number of Topliss-reactive ketones (excluding diaryl/α,β-unsaturated/α-hetero) is 1. The minimum atomic E-state index is -3.48. The number of benzene rings is 1. The van der Waals surface area contributed by atoms with Crippen molar-refractivity contribution in [1.29, 1.82) is 0 Å². The lowest BCUT2D eigenvalue weighted by Crippen LogP contribution is -2.22. The monoisotopic (exact) mass is 257 g/mol. The first-order valence-corrected chi connectivity index (χ1v) is 6.66. The van der Waals surface area contributed by atoms with E-state index < -0.39 is 10.0 Å². The summed E-state index contributed by atoms with van der Waals surface area (Å²) >= 11 is 0. The van der Waals surface area contributed by atoms with Gasteiger partial charge in [-0.3, -0.25) is 4.79 Å². The van der Waals surface area contributed by atoms with Gasteiger partial charge in [0.2, 0.25) is 10.0 Å². The summed E-state index contributed by atoms with van der Waals surface area (Å²) < 4.78 is 21.4. The molecule has 5 N–H and O–H groups in total. The molecule has 0 spiro atoms. The Morgan fingerprint density at radius 1 is 1.41 bits per heavy atom. The van der Waals surface area contributed by atoms with Gasteiger partial charge < -0.3 is 11.1 Å². The second kappa shape index (κ2) is 5.15. The van der Waals surface area contributed by atoms with Crippen LogP contribution in [0.2, 0.25) is 0 Å². The Balaban J connectivity index is 2.73. The molecule has 0 aliphatic carbocycles. The number of carbonyl (C=O) groups excluding carboxylic acids is 1. The number of sulfonamides is 1. The van der Waals surface area contributed by atoms with Crippen LogP contribution in [0.15, 0.2) is 18.2 Å². The Hall–Kier alpha value is -1.60. The summed E-state index contributed by atoms with van der Waals surface area (Å²) in [5.41, 5.74) is 7.06. The lowest BCUT2D eigenvalue weighted by molar-refractivity contribution is 0.101. The van der Waals surface area contributed by atoms with Crippen molar-refractivity contribution in [2.24, 2.45) is 5.14 Å². The standard InChI is InChI=1S/C10H15N3O3S/c1-7(14)9-6-8(2-3-10(9)11)13-4-5-17(12,15)16/h2-3,6,13H,4-5,11H2,1H3,(H2,12,15,16). The molecular formula is C10H15N3O3S. The minimum absolute atomic E-state index is 0.141. The van der Waals surface area contributed by atoms with Gasteiger partial charge in [0.15, 0.2) is 5.78 Å². The van der Waals surface area contributed by atoms with Crippen molar-refractivity contribution in [3.05, 3.63) is 23.8 Å². The number of carbonyl (C=O) groups is 1. The molecule has 0 unspecified atom stereocenters. The molecule has 1 aromatic carbocycles. The van der Waals surface area contributed by atoms with E-state index in [1.54, 1.807) is 18.2 Å². The van der Waals surface area contributed by atoms with Gasteiger partial charge >= 0.3 is 0 Å². The number of rotatable bonds is 5. The molecule has 0 fully saturated rings. The SMILES string of the molecule is CC(=O)c1cc(NCCS(N)(=O)=O)ccc1N. The summed E-state index contributed by atoms with van der Waals surface area (Å²) in [5, 5.41) is 7.72. The van der Waals surface area contributed by atoms with Gasteiger partial charge in [0, 0.05) is 23.5 Å². The fraction of sp³-hybridized carbons (Fsp3) is 0.300. The Kier molecular flexibility index (Phi) is 4.08. The van der Waals surface area contributed by atoms with Crippen LogP contribution in [-0.2, 0) is 10.0 Å². The molecule has 94 valence electrons. The third-order valence-electron chi connectivity index (χ3n) is 2.15. The zero-order chi connectivity index (χ0) is 13.1. The molecule has 0 aliphatic heterocycles. The molecule has 6 nitrogen and oxygen atoms in total. The molecule has 0 radical (unpaired) electrons. The molecule has 0 heterocycles. The van der Waals surface area contributed by atoms with Crippen molar-refractivity contribution in [3.63, 3.8) is 0 Å². The first-order valence-electron chi connectivity index (χ1n) is 4.94. The summed E-state index contributed by atoms with van der Waals surface area (Å²) in [6, 6.07) is 4.85. The third-order valence-corrected chi connectivity index (χ3v) is 2.92. The van der Waals surface area contributed by atoms with Crippen LogP contribution in [0.25, 0.3) is 0 Å². The third kappa shape index (κ3) is 4.41. The van der Waals surface area contributed by atoms with Crippen molar-refractivity contribution in [1.82, 2.24) is 0 Å². The Morgan fingerprint density at radius 2 is 2.06 bits per heavy atom. The number of hydrogen-bond acceptors (Lipinski definition) is 5. The average molecular weight is 257 g/mol. The van der Waals surface area contributed by atoms with Gasteiger partial charge in [-0.2, -0.15) is 0 Å². The van der Waals surface area contributed by atoms with Crippen LogP contribution in [0.3, 0.4) is 0 Å². The minimum Gasteiger partial charge on any atom is -0.398 e.